The summed E-state index contributed by atoms with van der Waals surface area (Å²) in [6.07, 6.45) is 1.25. The topological polar surface area (TPSA) is 101 Å². The zero-order chi connectivity index (χ0) is 22.0. The lowest BCUT2D eigenvalue weighted by Gasteiger charge is -2.22. The molecule has 2 aromatic carbocycles. The number of sulfonamides is 1. The average Bonchev–Trinajstić information content (AvgIpc) is 3.43. The first-order valence-electron chi connectivity index (χ1n) is 9.45. The summed E-state index contributed by atoms with van der Waals surface area (Å²) >= 11 is 1.03. The Bertz CT molecular complexity index is 1200. The molecule has 4 rings (SSSR count). The Kier molecular flexibility index (Phi) is 5.99. The number of amides is 1. The number of carbonyl (C=O) groups is 1. The highest BCUT2D eigenvalue weighted by molar-refractivity contribution is 7.89. The van der Waals surface area contributed by atoms with E-state index < -0.39 is 27.8 Å². The Hall–Kier alpha value is -2.89. The maximum absolute atomic E-state index is 13.3. The normalized spacial score (nSPS) is 16.9. The number of anilines is 1. The zero-order valence-electron chi connectivity index (χ0n) is 16.5. The van der Waals surface area contributed by atoms with Gasteiger partial charge >= 0.3 is 0 Å². The molecule has 1 aliphatic rings. The molecule has 1 aliphatic heterocycles. The lowest BCUT2D eigenvalue weighted by atomic mass is 10.2. The largest absolute Gasteiger partial charge is 0.497 e. The predicted molar refractivity (Wildman–Crippen MR) is 113 cm³/mol. The van der Waals surface area contributed by atoms with Crippen molar-refractivity contribution >= 4 is 33.0 Å². The summed E-state index contributed by atoms with van der Waals surface area (Å²) in [7, 11) is -2.24. The summed E-state index contributed by atoms with van der Waals surface area (Å²) in [4.78, 5) is 12.6. The molecule has 0 unspecified atom stereocenters. The number of rotatable bonds is 6. The second kappa shape index (κ2) is 8.69. The van der Waals surface area contributed by atoms with Gasteiger partial charge in [-0.2, -0.15) is 4.31 Å². The fourth-order valence-corrected chi connectivity index (χ4v) is 5.98. The lowest BCUT2D eigenvalue weighted by molar-refractivity contribution is 0.102. The van der Waals surface area contributed by atoms with Crippen molar-refractivity contribution in [3.05, 3.63) is 64.4 Å². The van der Waals surface area contributed by atoms with Crippen molar-refractivity contribution in [1.29, 1.82) is 0 Å². The molecule has 1 aromatic heterocycles. The molecule has 0 radical (unpaired) electrons. The van der Waals surface area contributed by atoms with Crippen LogP contribution in [0.25, 0.3) is 0 Å². The molecule has 31 heavy (non-hydrogen) atoms. The molecule has 11 heteroatoms. The van der Waals surface area contributed by atoms with Crippen LogP contribution in [0.5, 0.6) is 5.75 Å². The average molecular weight is 463 g/mol. The van der Waals surface area contributed by atoms with E-state index in [9.17, 15) is 17.6 Å². The Labute approximate surface area is 182 Å². The monoisotopic (exact) mass is 462 g/mol. The van der Waals surface area contributed by atoms with Crippen LogP contribution in [0.2, 0.25) is 0 Å². The van der Waals surface area contributed by atoms with Gasteiger partial charge in [-0.3, -0.25) is 4.79 Å². The summed E-state index contributed by atoms with van der Waals surface area (Å²) in [6, 6.07) is 11.2. The first kappa shape index (κ1) is 21.3. The number of benzene rings is 2. The van der Waals surface area contributed by atoms with Gasteiger partial charge in [-0.15, -0.1) is 10.2 Å². The maximum Gasteiger partial charge on any atom is 0.286 e. The molecule has 162 valence electrons. The van der Waals surface area contributed by atoms with Crippen LogP contribution >= 0.6 is 11.3 Å². The minimum Gasteiger partial charge on any atom is -0.497 e. The van der Waals surface area contributed by atoms with Crippen molar-refractivity contribution in [3.63, 3.8) is 0 Å². The molecule has 0 aliphatic carbocycles. The van der Waals surface area contributed by atoms with Gasteiger partial charge in [0.2, 0.25) is 15.0 Å². The van der Waals surface area contributed by atoms with Gasteiger partial charge in [0.1, 0.15) is 16.6 Å². The van der Waals surface area contributed by atoms with Crippen molar-refractivity contribution in [2.75, 3.05) is 19.0 Å². The number of halogens is 1. The fourth-order valence-electron chi connectivity index (χ4n) is 3.37. The molecule has 1 N–H and O–H groups in total. The molecule has 8 nitrogen and oxygen atoms in total. The molecule has 0 spiro atoms. The van der Waals surface area contributed by atoms with Crippen LogP contribution in [0.15, 0.2) is 53.4 Å². The highest BCUT2D eigenvalue weighted by Gasteiger charge is 2.38. The van der Waals surface area contributed by atoms with Gasteiger partial charge in [-0.1, -0.05) is 17.4 Å². The number of methoxy groups -OCH3 is 1. The molecule has 0 saturated carbocycles. The summed E-state index contributed by atoms with van der Waals surface area (Å²) in [5.41, 5.74) is 0.298. The van der Waals surface area contributed by atoms with Gasteiger partial charge < -0.3 is 10.1 Å². The van der Waals surface area contributed by atoms with Gasteiger partial charge in [-0.25, -0.2) is 12.8 Å². The molecule has 2 heterocycles. The molecule has 1 amide bonds. The van der Waals surface area contributed by atoms with E-state index in [1.165, 1.54) is 41.7 Å². The van der Waals surface area contributed by atoms with Crippen LogP contribution in [0.4, 0.5) is 10.1 Å². The van der Waals surface area contributed by atoms with Crippen molar-refractivity contribution < 1.29 is 22.3 Å². The third-order valence-corrected chi connectivity index (χ3v) is 7.82. The van der Waals surface area contributed by atoms with Crippen LogP contribution < -0.4 is 10.1 Å². The van der Waals surface area contributed by atoms with E-state index in [2.05, 4.69) is 15.5 Å². The van der Waals surface area contributed by atoms with Crippen molar-refractivity contribution in [1.82, 2.24) is 14.5 Å². The van der Waals surface area contributed by atoms with Crippen molar-refractivity contribution in [3.8, 4) is 5.75 Å². The van der Waals surface area contributed by atoms with Gasteiger partial charge in [0.25, 0.3) is 5.91 Å². The highest BCUT2D eigenvalue weighted by atomic mass is 32.2. The number of carbonyl (C=O) groups excluding carboxylic acids is 1. The third kappa shape index (κ3) is 4.43. The van der Waals surface area contributed by atoms with Crippen molar-refractivity contribution in [2.24, 2.45) is 0 Å². The van der Waals surface area contributed by atoms with Gasteiger partial charge in [-0.05, 0) is 55.3 Å². The van der Waals surface area contributed by atoms with E-state index in [1.807, 2.05) is 0 Å². The Morgan fingerprint density at radius 2 is 2.00 bits per heavy atom. The molecule has 0 bridgehead atoms. The van der Waals surface area contributed by atoms with Crippen molar-refractivity contribution in [2.45, 2.75) is 23.8 Å². The molecular formula is C20H19FN4O4S2. The summed E-state index contributed by atoms with van der Waals surface area (Å²) in [6.45, 7) is 0.351. The molecular weight excluding hydrogens is 443 g/mol. The Morgan fingerprint density at radius 3 is 2.71 bits per heavy atom. The number of aromatic nitrogens is 2. The molecule has 1 fully saturated rings. The Balaban J connectivity index is 1.54. The second-order valence-corrected chi connectivity index (χ2v) is 9.76. The maximum atomic E-state index is 13.3. The van der Waals surface area contributed by atoms with Crippen LogP contribution in [0.1, 0.15) is 33.7 Å². The standard InChI is InChI=1S/C20H19FN4O4S2/c1-29-15-7-9-16(10-8-15)31(27,28)25-11-3-6-17(25)19-23-24-20(30-19)18(26)22-14-5-2-4-13(21)12-14/h2,4-5,7-10,12,17H,3,6,11H2,1H3,(H,22,26)/t17-/m1/s1. The predicted octanol–water partition coefficient (Wildman–Crippen LogP) is 3.46. The minimum atomic E-state index is -3.75. The van der Waals surface area contributed by atoms with Crippen LogP contribution in [0, 0.1) is 5.82 Å². The van der Waals surface area contributed by atoms with Crippen LogP contribution in [-0.4, -0.2) is 42.5 Å². The first-order valence-corrected chi connectivity index (χ1v) is 11.7. The first-order chi connectivity index (χ1) is 14.9. The molecule has 1 atom stereocenters. The van der Waals surface area contributed by atoms with Crippen LogP contribution in [-0.2, 0) is 10.0 Å². The van der Waals surface area contributed by atoms with E-state index in [0.717, 1.165) is 11.3 Å². The number of hydrogen-bond donors (Lipinski definition) is 1. The van der Waals surface area contributed by atoms with Crippen LogP contribution in [0.3, 0.4) is 0 Å². The van der Waals surface area contributed by atoms with Gasteiger partial charge in [0, 0.05) is 12.2 Å². The number of hydrogen-bond acceptors (Lipinski definition) is 7. The fraction of sp³-hybridized carbons (Fsp3) is 0.250. The summed E-state index contributed by atoms with van der Waals surface area (Å²) in [5.74, 6) is -0.437. The Morgan fingerprint density at radius 1 is 1.23 bits per heavy atom. The molecule has 3 aromatic rings. The number of ether oxygens (including phenoxy) is 1. The number of nitrogens with zero attached hydrogens (tertiary/aromatic N) is 3. The summed E-state index contributed by atoms with van der Waals surface area (Å²) < 4.78 is 46.1. The van der Waals surface area contributed by atoms with E-state index in [4.69, 9.17) is 4.74 Å². The highest BCUT2D eigenvalue weighted by Crippen LogP contribution is 2.38. The smallest absolute Gasteiger partial charge is 0.286 e. The SMILES string of the molecule is COc1ccc(S(=O)(=O)N2CCC[C@@H]2c2nnc(C(=O)Nc3cccc(F)c3)s2)cc1. The van der Waals surface area contributed by atoms with E-state index in [1.54, 1.807) is 18.2 Å². The van der Waals surface area contributed by atoms with E-state index in [0.29, 0.717) is 35.8 Å². The van der Waals surface area contributed by atoms with Gasteiger partial charge in [0.15, 0.2) is 0 Å². The van der Waals surface area contributed by atoms with Gasteiger partial charge in [0.05, 0.1) is 18.0 Å². The lowest BCUT2D eigenvalue weighted by Crippen LogP contribution is -2.30. The third-order valence-electron chi connectivity index (χ3n) is 4.87. The molecule has 1 saturated heterocycles. The number of nitrogens with one attached hydrogen (secondary N) is 1. The summed E-state index contributed by atoms with van der Waals surface area (Å²) in [5, 5.41) is 11.1. The van der Waals surface area contributed by atoms with E-state index >= 15 is 0 Å². The minimum absolute atomic E-state index is 0.0768. The second-order valence-electron chi connectivity index (χ2n) is 6.86. The zero-order valence-corrected chi connectivity index (χ0v) is 18.1. The van der Waals surface area contributed by atoms with E-state index in [-0.39, 0.29) is 9.90 Å². The quantitative estimate of drug-likeness (QED) is 0.602.